The van der Waals surface area contributed by atoms with Crippen molar-refractivity contribution in [1.29, 1.82) is 0 Å². The molecule has 2 saturated heterocycles. The second kappa shape index (κ2) is 9.14. The molecule has 3 heterocycles. The number of benzene rings is 2. The Morgan fingerprint density at radius 2 is 1.70 bits per heavy atom. The molecule has 11 heteroatoms. The van der Waals surface area contributed by atoms with E-state index in [0.717, 1.165) is 17.7 Å². The van der Waals surface area contributed by atoms with Gasteiger partial charge < -0.3 is 15.1 Å². The molecular formula is C26H26F3N3O5. The van der Waals surface area contributed by atoms with Gasteiger partial charge in [-0.3, -0.25) is 24.6 Å². The minimum atomic E-state index is -4.39. The maximum Gasteiger partial charge on any atom is 0.416 e. The van der Waals surface area contributed by atoms with Crippen LogP contribution in [0.4, 0.5) is 13.2 Å². The number of nitrogens with one attached hydrogen (secondary N) is 1. The molecule has 196 valence electrons. The highest BCUT2D eigenvalue weighted by atomic mass is 19.4. The first-order valence-corrected chi connectivity index (χ1v) is 12.1. The summed E-state index contributed by atoms with van der Waals surface area (Å²) in [6.07, 6.45) is -3.50. The lowest BCUT2D eigenvalue weighted by Gasteiger charge is -2.39. The molecule has 0 bridgehead atoms. The highest BCUT2D eigenvalue weighted by molar-refractivity contribution is 6.05. The second-order valence-corrected chi connectivity index (χ2v) is 9.89. The molecule has 37 heavy (non-hydrogen) atoms. The van der Waals surface area contributed by atoms with E-state index in [1.807, 2.05) is 4.90 Å². The van der Waals surface area contributed by atoms with E-state index < -0.39 is 35.2 Å². The third kappa shape index (κ3) is 4.69. The van der Waals surface area contributed by atoms with E-state index >= 15 is 0 Å². The van der Waals surface area contributed by atoms with Crippen LogP contribution in [0.5, 0.6) is 5.75 Å². The Bertz CT molecular complexity index is 1250. The Balaban J connectivity index is 1.27. The van der Waals surface area contributed by atoms with Crippen LogP contribution in [0.1, 0.15) is 58.3 Å². The van der Waals surface area contributed by atoms with Gasteiger partial charge in [-0.15, -0.1) is 0 Å². The molecule has 8 nitrogen and oxygen atoms in total. The lowest BCUT2D eigenvalue weighted by atomic mass is 9.82. The number of piperidine rings is 2. The van der Waals surface area contributed by atoms with Crippen molar-refractivity contribution in [3.8, 4) is 5.75 Å². The van der Waals surface area contributed by atoms with Gasteiger partial charge in [-0.05, 0) is 43.0 Å². The van der Waals surface area contributed by atoms with Gasteiger partial charge in [0.2, 0.25) is 11.8 Å². The van der Waals surface area contributed by atoms with Gasteiger partial charge in [-0.25, -0.2) is 0 Å². The number of carbonyl (C=O) groups excluding carboxylic acids is 3. The molecule has 1 unspecified atom stereocenters. The Kier molecular flexibility index (Phi) is 6.23. The van der Waals surface area contributed by atoms with E-state index in [4.69, 9.17) is 0 Å². The number of likely N-dealkylation sites (tertiary alicyclic amines) is 1. The Hall–Kier alpha value is -3.44. The molecular weight excluding hydrogens is 491 g/mol. The Morgan fingerprint density at radius 3 is 2.32 bits per heavy atom. The van der Waals surface area contributed by atoms with Gasteiger partial charge in [-0.2, -0.15) is 13.2 Å². The number of hydrogen-bond donors (Lipinski definition) is 3. The molecule has 2 aromatic rings. The van der Waals surface area contributed by atoms with Gasteiger partial charge in [0.05, 0.1) is 17.7 Å². The van der Waals surface area contributed by atoms with Crippen LogP contribution < -0.4 is 5.32 Å². The number of hydrogen-bond acceptors (Lipinski definition) is 6. The van der Waals surface area contributed by atoms with E-state index in [1.54, 1.807) is 6.07 Å². The average Bonchev–Trinajstić information content (AvgIpc) is 3.18. The first-order valence-electron chi connectivity index (χ1n) is 12.1. The number of carbonyl (C=O) groups is 3. The molecule has 0 aromatic heterocycles. The predicted octanol–water partition coefficient (Wildman–Crippen LogP) is 2.66. The summed E-state index contributed by atoms with van der Waals surface area (Å²) in [4.78, 5) is 40.1. The normalized spacial score (nSPS) is 22.2. The van der Waals surface area contributed by atoms with Crippen LogP contribution in [0.2, 0.25) is 0 Å². The Labute approximate surface area is 210 Å². The number of fused-ring (bicyclic) bond motifs is 1. The maximum absolute atomic E-state index is 13.0. The van der Waals surface area contributed by atoms with Crippen LogP contribution in [-0.2, 0) is 34.5 Å². The molecule has 3 aliphatic rings. The van der Waals surface area contributed by atoms with Crippen LogP contribution in [0.15, 0.2) is 36.4 Å². The largest absolute Gasteiger partial charge is 0.507 e. The van der Waals surface area contributed by atoms with Crippen LogP contribution in [0, 0.1) is 0 Å². The lowest BCUT2D eigenvalue weighted by molar-refractivity contribution is -0.138. The molecule has 0 aliphatic carbocycles. The van der Waals surface area contributed by atoms with Crippen molar-refractivity contribution in [2.24, 2.45) is 0 Å². The van der Waals surface area contributed by atoms with Gasteiger partial charge >= 0.3 is 6.18 Å². The predicted molar refractivity (Wildman–Crippen MR) is 124 cm³/mol. The number of aromatic hydroxyl groups is 1. The number of alkyl halides is 3. The van der Waals surface area contributed by atoms with E-state index in [1.165, 1.54) is 23.1 Å². The highest BCUT2D eigenvalue weighted by Gasteiger charge is 2.43. The summed E-state index contributed by atoms with van der Waals surface area (Å²) in [6.45, 7) is 1.33. The summed E-state index contributed by atoms with van der Waals surface area (Å²) in [5.41, 5.74) is -0.418. The zero-order valence-corrected chi connectivity index (χ0v) is 19.8. The topological polar surface area (TPSA) is 110 Å². The standard InChI is InChI=1S/C26H26F3N3O5/c27-26(28,29)16-3-1-15(2-4-16)13-31-11-9-25(37,10-12-31)19-6-5-17-18(22(19)34)14-32(24(17)36)20-7-8-21(33)30-23(20)35/h1-6,20,34,37H,7-14H2,(H,30,33,35). The molecule has 0 spiro atoms. The van der Waals surface area contributed by atoms with Crippen molar-refractivity contribution in [3.63, 3.8) is 0 Å². The number of halogens is 3. The fourth-order valence-electron chi connectivity index (χ4n) is 5.41. The molecule has 0 saturated carbocycles. The van der Waals surface area contributed by atoms with E-state index in [0.29, 0.717) is 30.8 Å². The lowest BCUT2D eigenvalue weighted by Crippen LogP contribution is -2.52. The molecule has 1 atom stereocenters. The second-order valence-electron chi connectivity index (χ2n) is 9.89. The van der Waals surface area contributed by atoms with Crippen molar-refractivity contribution >= 4 is 17.7 Å². The molecule has 3 N–H and O–H groups in total. The number of phenols is 1. The van der Waals surface area contributed by atoms with Gasteiger partial charge in [0.15, 0.2) is 0 Å². The summed E-state index contributed by atoms with van der Waals surface area (Å²) in [5.74, 6) is -1.53. The highest BCUT2D eigenvalue weighted by Crippen LogP contribution is 2.43. The molecule has 3 aliphatic heterocycles. The molecule has 5 rings (SSSR count). The fraction of sp³-hybridized carbons (Fsp3) is 0.423. The minimum absolute atomic E-state index is 0.00373. The fourth-order valence-corrected chi connectivity index (χ4v) is 5.41. The summed E-state index contributed by atoms with van der Waals surface area (Å²) in [6, 6.07) is 7.27. The Morgan fingerprint density at radius 1 is 1.03 bits per heavy atom. The van der Waals surface area contributed by atoms with Crippen LogP contribution in [0.25, 0.3) is 0 Å². The van der Waals surface area contributed by atoms with E-state index in [2.05, 4.69) is 5.32 Å². The van der Waals surface area contributed by atoms with Gasteiger partial charge in [0, 0.05) is 42.7 Å². The van der Waals surface area contributed by atoms with Crippen molar-refractivity contribution in [2.75, 3.05) is 13.1 Å². The summed E-state index contributed by atoms with van der Waals surface area (Å²) in [7, 11) is 0. The summed E-state index contributed by atoms with van der Waals surface area (Å²) in [5, 5.41) is 24.7. The first kappa shape index (κ1) is 25.2. The van der Waals surface area contributed by atoms with E-state index in [9.17, 15) is 37.8 Å². The van der Waals surface area contributed by atoms with Gasteiger partial charge in [-0.1, -0.05) is 18.2 Å². The maximum atomic E-state index is 13.0. The minimum Gasteiger partial charge on any atom is -0.507 e. The van der Waals surface area contributed by atoms with Crippen LogP contribution in [-0.4, -0.2) is 56.9 Å². The van der Waals surface area contributed by atoms with E-state index in [-0.39, 0.29) is 49.4 Å². The molecule has 3 amide bonds. The van der Waals surface area contributed by atoms with Crippen LogP contribution >= 0.6 is 0 Å². The van der Waals surface area contributed by atoms with Gasteiger partial charge in [0.1, 0.15) is 11.8 Å². The average molecular weight is 518 g/mol. The number of imide groups is 1. The van der Waals surface area contributed by atoms with Gasteiger partial charge in [0.25, 0.3) is 5.91 Å². The van der Waals surface area contributed by atoms with Crippen LogP contribution in [0.3, 0.4) is 0 Å². The van der Waals surface area contributed by atoms with Crippen molar-refractivity contribution in [2.45, 2.75) is 56.6 Å². The number of amides is 3. The van der Waals surface area contributed by atoms with Crippen molar-refractivity contribution in [3.05, 3.63) is 64.2 Å². The summed E-state index contributed by atoms with van der Waals surface area (Å²) < 4.78 is 38.4. The zero-order valence-electron chi connectivity index (χ0n) is 19.8. The number of phenolic OH excluding ortho intramolecular Hbond substituents is 1. The van der Waals surface area contributed by atoms with Crippen molar-refractivity contribution in [1.82, 2.24) is 15.1 Å². The molecule has 0 radical (unpaired) electrons. The number of nitrogens with zero attached hydrogens (tertiary/aromatic N) is 2. The quantitative estimate of drug-likeness (QED) is 0.538. The smallest absolute Gasteiger partial charge is 0.416 e. The monoisotopic (exact) mass is 517 g/mol. The molecule has 2 aromatic carbocycles. The number of rotatable bonds is 4. The molecule has 2 fully saturated rings. The first-order chi connectivity index (χ1) is 17.5. The summed E-state index contributed by atoms with van der Waals surface area (Å²) >= 11 is 0. The zero-order chi connectivity index (χ0) is 26.5. The third-order valence-corrected chi connectivity index (χ3v) is 7.56. The number of aliphatic hydroxyl groups is 1. The van der Waals surface area contributed by atoms with Crippen molar-refractivity contribution < 1.29 is 37.8 Å². The third-order valence-electron chi connectivity index (χ3n) is 7.56. The SMILES string of the molecule is O=C1CCC(N2Cc3c(ccc(C4(O)CCN(Cc5ccc(C(F)(F)F)cc5)CC4)c3O)C2=O)C(=O)N1.